The smallest absolute Gasteiger partial charge is 0.240 e. The fourth-order valence-electron chi connectivity index (χ4n) is 2.77. The maximum atomic E-state index is 13.5. The molecule has 2 rings (SSSR count). The zero-order valence-electron chi connectivity index (χ0n) is 16.6. The van der Waals surface area contributed by atoms with E-state index in [-0.39, 0.29) is 23.3 Å². The number of hydrogen-bond acceptors (Lipinski definition) is 5. The Hall–Kier alpha value is -2.00. The summed E-state index contributed by atoms with van der Waals surface area (Å²) in [5.74, 6) is 0.258. The molecule has 0 amide bonds. The minimum atomic E-state index is -3.72. The van der Waals surface area contributed by atoms with Gasteiger partial charge in [-0.15, -0.1) is 0 Å². The lowest BCUT2D eigenvalue weighted by Crippen LogP contribution is -2.34. The third kappa shape index (κ3) is 6.00. The Kier molecular flexibility index (Phi) is 7.94. The highest BCUT2D eigenvalue weighted by atomic mass is 32.2. The Morgan fingerprint density at radius 3 is 2.50 bits per heavy atom. The lowest BCUT2D eigenvalue weighted by atomic mass is 10.1. The Morgan fingerprint density at radius 1 is 1.14 bits per heavy atom. The number of likely N-dealkylation sites (N-methyl/N-ethyl adjacent to an activating group) is 1. The molecule has 2 aromatic rings. The van der Waals surface area contributed by atoms with Crippen LogP contribution >= 0.6 is 0 Å². The normalized spacial score (nSPS) is 12.9. The molecule has 0 fully saturated rings. The fourth-order valence-corrected chi connectivity index (χ4v) is 3.89. The molecule has 0 bridgehead atoms. The van der Waals surface area contributed by atoms with E-state index in [4.69, 9.17) is 9.47 Å². The molecule has 6 nitrogen and oxygen atoms in total. The van der Waals surface area contributed by atoms with Crippen molar-refractivity contribution in [3.05, 3.63) is 59.4 Å². The van der Waals surface area contributed by atoms with Gasteiger partial charge >= 0.3 is 0 Å². The number of aryl methyl sites for hydroxylation is 1. The van der Waals surface area contributed by atoms with Gasteiger partial charge in [0, 0.05) is 19.7 Å². The Morgan fingerprint density at radius 2 is 1.89 bits per heavy atom. The quantitative estimate of drug-likeness (QED) is 0.610. The first-order valence-electron chi connectivity index (χ1n) is 8.88. The topological polar surface area (TPSA) is 67.9 Å². The van der Waals surface area contributed by atoms with Gasteiger partial charge < -0.3 is 14.4 Å². The van der Waals surface area contributed by atoms with E-state index in [2.05, 4.69) is 4.72 Å². The van der Waals surface area contributed by atoms with Gasteiger partial charge in [-0.05, 0) is 62.5 Å². The third-order valence-electron chi connectivity index (χ3n) is 4.33. The number of benzene rings is 2. The number of nitrogens with one attached hydrogen (secondary N) is 1. The number of hydrogen-bond donors (Lipinski definition) is 1. The molecule has 0 aliphatic rings. The van der Waals surface area contributed by atoms with Gasteiger partial charge in [0.2, 0.25) is 10.0 Å². The molecular weight excluding hydrogens is 383 g/mol. The van der Waals surface area contributed by atoms with Crippen LogP contribution in [0.1, 0.15) is 17.2 Å². The molecule has 28 heavy (non-hydrogen) atoms. The average Bonchev–Trinajstić information content (AvgIpc) is 2.63. The molecule has 8 heteroatoms. The van der Waals surface area contributed by atoms with E-state index in [1.165, 1.54) is 18.2 Å². The zero-order valence-corrected chi connectivity index (χ0v) is 17.4. The molecule has 1 N–H and O–H groups in total. The summed E-state index contributed by atoms with van der Waals surface area (Å²) in [6.45, 7) is 2.74. The van der Waals surface area contributed by atoms with E-state index in [9.17, 15) is 12.8 Å². The first-order chi connectivity index (χ1) is 13.2. The summed E-state index contributed by atoms with van der Waals surface area (Å²) in [5.41, 5.74) is 1.42. The first-order valence-corrected chi connectivity index (χ1v) is 10.4. The SMILES string of the molecule is COCCOc1ccc(S(=O)(=O)NC[C@@H](c2cccc(F)c2)N(C)C)cc1C. The number of nitrogens with zero attached hydrogens (tertiary/aromatic N) is 1. The monoisotopic (exact) mass is 410 g/mol. The number of halogens is 1. The Bertz CT molecular complexity index is 888. The van der Waals surface area contributed by atoms with E-state index < -0.39 is 10.0 Å². The van der Waals surface area contributed by atoms with E-state index in [0.717, 1.165) is 0 Å². The van der Waals surface area contributed by atoms with Gasteiger partial charge in [-0.1, -0.05) is 12.1 Å². The molecule has 0 heterocycles. The molecule has 0 aliphatic carbocycles. The van der Waals surface area contributed by atoms with Crippen LogP contribution < -0.4 is 9.46 Å². The number of rotatable bonds is 10. The fraction of sp³-hybridized carbons (Fsp3) is 0.400. The van der Waals surface area contributed by atoms with Crippen LogP contribution in [0.4, 0.5) is 4.39 Å². The molecule has 0 spiro atoms. The van der Waals surface area contributed by atoms with Crippen molar-refractivity contribution >= 4 is 10.0 Å². The van der Waals surface area contributed by atoms with Crippen LogP contribution in [-0.2, 0) is 14.8 Å². The summed E-state index contributed by atoms with van der Waals surface area (Å²) in [5, 5.41) is 0. The van der Waals surface area contributed by atoms with Gasteiger partial charge in [-0.25, -0.2) is 17.5 Å². The first kappa shape index (κ1) is 22.3. The highest BCUT2D eigenvalue weighted by molar-refractivity contribution is 7.89. The minimum absolute atomic E-state index is 0.115. The predicted octanol–water partition coefficient (Wildman–Crippen LogP) is 2.74. The van der Waals surface area contributed by atoms with Crippen LogP contribution in [0.25, 0.3) is 0 Å². The molecule has 2 aromatic carbocycles. The van der Waals surface area contributed by atoms with Crippen molar-refractivity contribution < 1.29 is 22.3 Å². The van der Waals surface area contributed by atoms with Gasteiger partial charge in [0.25, 0.3) is 0 Å². The average molecular weight is 411 g/mol. The standard InChI is InChI=1S/C20H27FN2O4S/c1-15-12-18(8-9-20(15)27-11-10-26-4)28(24,25)22-14-19(23(2)3)16-6-5-7-17(21)13-16/h5-9,12-13,19,22H,10-11,14H2,1-4H3/t19-/m0/s1. The maximum absolute atomic E-state index is 13.5. The van der Waals surface area contributed by atoms with Crippen LogP contribution in [0.5, 0.6) is 5.75 Å². The van der Waals surface area contributed by atoms with Crippen molar-refractivity contribution in [3.63, 3.8) is 0 Å². The molecule has 0 radical (unpaired) electrons. The van der Waals surface area contributed by atoms with E-state index in [1.54, 1.807) is 38.3 Å². The lowest BCUT2D eigenvalue weighted by molar-refractivity contribution is 0.146. The molecule has 154 valence electrons. The predicted molar refractivity (Wildman–Crippen MR) is 107 cm³/mol. The minimum Gasteiger partial charge on any atom is -0.491 e. The van der Waals surface area contributed by atoms with E-state index in [0.29, 0.717) is 30.1 Å². The number of methoxy groups -OCH3 is 1. The van der Waals surface area contributed by atoms with Crippen LogP contribution in [0.15, 0.2) is 47.4 Å². The van der Waals surface area contributed by atoms with Gasteiger partial charge in [0.1, 0.15) is 18.2 Å². The summed E-state index contributed by atoms with van der Waals surface area (Å²) in [7, 11) is 1.50. The molecule has 1 atom stereocenters. The van der Waals surface area contributed by atoms with Crippen molar-refractivity contribution in [3.8, 4) is 5.75 Å². The maximum Gasteiger partial charge on any atom is 0.240 e. The number of sulfonamides is 1. The second-order valence-corrected chi connectivity index (χ2v) is 8.42. The van der Waals surface area contributed by atoms with Crippen molar-refractivity contribution in [2.75, 3.05) is 41.0 Å². The summed E-state index contributed by atoms with van der Waals surface area (Å²) in [6, 6.07) is 10.6. The molecule has 0 aliphatic heterocycles. The summed E-state index contributed by atoms with van der Waals surface area (Å²) in [6.07, 6.45) is 0. The van der Waals surface area contributed by atoms with Crippen LogP contribution in [0.3, 0.4) is 0 Å². The Balaban J connectivity index is 2.12. The van der Waals surface area contributed by atoms with Gasteiger partial charge in [-0.2, -0.15) is 0 Å². The number of ether oxygens (including phenoxy) is 2. The van der Waals surface area contributed by atoms with Crippen LogP contribution in [0.2, 0.25) is 0 Å². The lowest BCUT2D eigenvalue weighted by Gasteiger charge is -2.25. The molecule has 0 unspecified atom stereocenters. The second-order valence-electron chi connectivity index (χ2n) is 6.65. The third-order valence-corrected chi connectivity index (χ3v) is 5.75. The molecule has 0 saturated heterocycles. The van der Waals surface area contributed by atoms with Gasteiger partial charge in [0.15, 0.2) is 0 Å². The Labute approximate surface area is 166 Å². The van der Waals surface area contributed by atoms with Gasteiger partial charge in [0.05, 0.1) is 11.5 Å². The summed E-state index contributed by atoms with van der Waals surface area (Å²) in [4.78, 5) is 2.00. The van der Waals surface area contributed by atoms with E-state index in [1.807, 2.05) is 19.0 Å². The van der Waals surface area contributed by atoms with E-state index >= 15 is 0 Å². The van der Waals surface area contributed by atoms with Crippen molar-refractivity contribution in [2.45, 2.75) is 17.9 Å². The largest absolute Gasteiger partial charge is 0.491 e. The summed E-state index contributed by atoms with van der Waals surface area (Å²) < 4.78 is 52.1. The van der Waals surface area contributed by atoms with Crippen molar-refractivity contribution in [2.24, 2.45) is 0 Å². The zero-order chi connectivity index (χ0) is 20.7. The van der Waals surface area contributed by atoms with Crippen LogP contribution in [0, 0.1) is 12.7 Å². The highest BCUT2D eigenvalue weighted by Crippen LogP contribution is 2.23. The molecular formula is C20H27FN2O4S. The summed E-state index contributed by atoms with van der Waals surface area (Å²) >= 11 is 0. The highest BCUT2D eigenvalue weighted by Gasteiger charge is 2.20. The van der Waals surface area contributed by atoms with Crippen LogP contribution in [-0.4, -0.2) is 54.3 Å². The van der Waals surface area contributed by atoms with Crippen molar-refractivity contribution in [1.29, 1.82) is 0 Å². The van der Waals surface area contributed by atoms with Gasteiger partial charge in [-0.3, -0.25) is 0 Å². The van der Waals surface area contributed by atoms with Crippen molar-refractivity contribution in [1.82, 2.24) is 9.62 Å². The second kappa shape index (κ2) is 9.97. The molecule has 0 saturated carbocycles. The molecule has 0 aromatic heterocycles.